The maximum absolute atomic E-state index is 13.0. The number of aromatic nitrogens is 2. The van der Waals surface area contributed by atoms with Crippen molar-refractivity contribution in [2.24, 2.45) is 0 Å². The molecule has 0 bridgehead atoms. The molecular formula is C27H28N4O2S. The van der Waals surface area contributed by atoms with E-state index in [4.69, 9.17) is 4.74 Å². The maximum atomic E-state index is 13.0. The summed E-state index contributed by atoms with van der Waals surface area (Å²) in [6.07, 6.45) is 0. The third-order valence-corrected chi connectivity index (χ3v) is 6.80. The smallest absolute Gasteiger partial charge is 0.256 e. The lowest BCUT2D eigenvalue weighted by Gasteiger charge is -2.22. The summed E-state index contributed by atoms with van der Waals surface area (Å²) in [5.41, 5.74) is 5.46. The number of hydrogen-bond donors (Lipinski definition) is 2. The number of methoxy groups -OCH3 is 1. The van der Waals surface area contributed by atoms with E-state index in [-0.39, 0.29) is 11.9 Å². The van der Waals surface area contributed by atoms with E-state index in [1.165, 1.54) is 0 Å². The Hall–Kier alpha value is -3.71. The van der Waals surface area contributed by atoms with Gasteiger partial charge in [0.2, 0.25) is 5.95 Å². The molecule has 0 fully saturated rings. The molecule has 2 heterocycles. The van der Waals surface area contributed by atoms with Gasteiger partial charge < -0.3 is 15.4 Å². The number of ether oxygens (including phenoxy) is 1. The van der Waals surface area contributed by atoms with Crippen molar-refractivity contribution in [3.8, 4) is 5.75 Å². The second kappa shape index (κ2) is 10.1. The van der Waals surface area contributed by atoms with Gasteiger partial charge in [0, 0.05) is 27.4 Å². The van der Waals surface area contributed by atoms with E-state index in [9.17, 15) is 4.79 Å². The van der Waals surface area contributed by atoms with Gasteiger partial charge in [0.1, 0.15) is 10.8 Å². The molecule has 0 spiro atoms. The molecular weight excluding hydrogens is 444 g/mol. The molecule has 1 amide bonds. The van der Waals surface area contributed by atoms with Crippen molar-refractivity contribution < 1.29 is 9.53 Å². The van der Waals surface area contributed by atoms with Gasteiger partial charge in [-0.25, -0.2) is 9.97 Å². The zero-order chi connectivity index (χ0) is 24.2. The number of anilines is 2. The number of hydrogen-bond acceptors (Lipinski definition) is 6. The zero-order valence-electron chi connectivity index (χ0n) is 20.0. The van der Waals surface area contributed by atoms with Crippen LogP contribution in [0.4, 0.5) is 10.9 Å². The van der Waals surface area contributed by atoms with Crippen molar-refractivity contribution in [3.63, 3.8) is 0 Å². The first kappa shape index (κ1) is 23.4. The van der Waals surface area contributed by atoms with E-state index in [0.29, 0.717) is 11.5 Å². The summed E-state index contributed by atoms with van der Waals surface area (Å²) in [6, 6.07) is 18.8. The average Bonchev–Trinajstić information content (AvgIpc) is 3.10. The van der Waals surface area contributed by atoms with E-state index in [1.807, 2.05) is 74.5 Å². The normalized spacial score (nSPS) is 11.7. The summed E-state index contributed by atoms with van der Waals surface area (Å²) in [6.45, 7) is 8.05. The molecule has 174 valence electrons. The molecule has 0 aliphatic carbocycles. The van der Waals surface area contributed by atoms with Crippen LogP contribution in [0.25, 0.3) is 0 Å². The van der Waals surface area contributed by atoms with Gasteiger partial charge in [-0.1, -0.05) is 30.3 Å². The van der Waals surface area contributed by atoms with Crippen LogP contribution in [0.3, 0.4) is 0 Å². The molecule has 0 aliphatic rings. The number of benzene rings is 2. The number of carbonyl (C=O) groups is 1. The van der Waals surface area contributed by atoms with Crippen LogP contribution in [0.2, 0.25) is 0 Å². The Labute approximate surface area is 204 Å². The van der Waals surface area contributed by atoms with Gasteiger partial charge in [-0.3, -0.25) is 4.79 Å². The number of rotatable bonds is 7. The van der Waals surface area contributed by atoms with Crippen molar-refractivity contribution in [3.05, 3.63) is 99.2 Å². The number of carbonyl (C=O) groups excluding carboxylic acids is 1. The Bertz CT molecular complexity index is 1300. The Morgan fingerprint density at radius 1 is 0.941 bits per heavy atom. The molecule has 2 aromatic heterocycles. The molecule has 0 saturated heterocycles. The molecule has 0 saturated carbocycles. The molecule has 4 aromatic rings. The first-order valence-electron chi connectivity index (χ1n) is 11.0. The van der Waals surface area contributed by atoms with Crippen LogP contribution in [-0.2, 0) is 0 Å². The molecule has 0 radical (unpaired) electrons. The summed E-state index contributed by atoms with van der Waals surface area (Å²) in [7, 11) is 1.65. The van der Waals surface area contributed by atoms with Crippen LogP contribution in [0.15, 0.2) is 60.7 Å². The number of nitrogens with one attached hydrogen (secondary N) is 2. The third-order valence-electron chi connectivity index (χ3n) is 5.67. The summed E-state index contributed by atoms with van der Waals surface area (Å²) >= 11 is 1.57. The van der Waals surface area contributed by atoms with Gasteiger partial charge in [0.25, 0.3) is 5.91 Å². The number of nitrogens with zero attached hydrogens (tertiary/aromatic N) is 2. The monoisotopic (exact) mass is 472 g/mol. The Kier molecular flexibility index (Phi) is 6.93. The molecule has 34 heavy (non-hydrogen) atoms. The van der Waals surface area contributed by atoms with Crippen molar-refractivity contribution in [1.82, 2.24) is 9.97 Å². The number of thiophene rings is 1. The molecule has 0 aliphatic heterocycles. The standard InChI is InChI=1S/C27H28N4O2S/c1-16-14-17(2)29-27(28-16)30-24(21-12-9-13-22(15-21)33-5)23-18(3)19(4)34-26(23)31-25(32)20-10-7-6-8-11-20/h6-15,24H,1-5H3,(H,31,32)(H,28,29,30)/t24-/m1/s1. The Morgan fingerprint density at radius 3 is 2.32 bits per heavy atom. The van der Waals surface area contributed by atoms with Crippen LogP contribution in [0, 0.1) is 27.7 Å². The largest absolute Gasteiger partial charge is 0.497 e. The minimum Gasteiger partial charge on any atom is -0.497 e. The van der Waals surface area contributed by atoms with Crippen LogP contribution in [0.5, 0.6) is 5.75 Å². The highest BCUT2D eigenvalue weighted by Gasteiger charge is 2.26. The van der Waals surface area contributed by atoms with Crippen LogP contribution in [0.1, 0.15) is 49.4 Å². The molecule has 7 heteroatoms. The maximum Gasteiger partial charge on any atom is 0.256 e. The van der Waals surface area contributed by atoms with Gasteiger partial charge in [-0.2, -0.15) is 0 Å². The summed E-state index contributed by atoms with van der Waals surface area (Å²) in [5.74, 6) is 1.15. The molecule has 6 nitrogen and oxygen atoms in total. The summed E-state index contributed by atoms with van der Waals surface area (Å²) < 4.78 is 5.49. The zero-order valence-corrected chi connectivity index (χ0v) is 20.8. The molecule has 2 aromatic carbocycles. The molecule has 1 atom stereocenters. The lowest BCUT2D eigenvalue weighted by molar-refractivity contribution is 0.102. The van der Waals surface area contributed by atoms with Gasteiger partial charge >= 0.3 is 0 Å². The van der Waals surface area contributed by atoms with Gasteiger partial charge in [0.05, 0.1) is 13.2 Å². The second-order valence-corrected chi connectivity index (χ2v) is 9.40. The van der Waals surface area contributed by atoms with Gasteiger partial charge in [0.15, 0.2) is 0 Å². The fourth-order valence-corrected chi connectivity index (χ4v) is 5.01. The SMILES string of the molecule is COc1cccc([C@@H](Nc2nc(C)cc(C)n2)c2c(NC(=O)c3ccccc3)sc(C)c2C)c1. The lowest BCUT2D eigenvalue weighted by atomic mass is 9.96. The fraction of sp³-hybridized carbons (Fsp3) is 0.222. The topological polar surface area (TPSA) is 76.1 Å². The third kappa shape index (κ3) is 5.10. The van der Waals surface area contributed by atoms with E-state index >= 15 is 0 Å². The Balaban J connectivity index is 1.81. The highest BCUT2D eigenvalue weighted by atomic mass is 32.1. The van der Waals surface area contributed by atoms with Gasteiger partial charge in [-0.15, -0.1) is 11.3 Å². The minimum absolute atomic E-state index is 0.143. The van der Waals surface area contributed by atoms with Crippen molar-refractivity contribution in [2.75, 3.05) is 17.7 Å². The quantitative estimate of drug-likeness (QED) is 0.333. The van der Waals surface area contributed by atoms with E-state index in [1.54, 1.807) is 18.4 Å². The Morgan fingerprint density at radius 2 is 1.65 bits per heavy atom. The summed E-state index contributed by atoms with van der Waals surface area (Å²) in [4.78, 5) is 23.4. The van der Waals surface area contributed by atoms with Gasteiger partial charge in [-0.05, 0) is 69.2 Å². The first-order chi connectivity index (χ1) is 16.4. The number of aryl methyl sites for hydroxylation is 3. The van der Waals surface area contributed by atoms with Crippen molar-refractivity contribution >= 4 is 28.2 Å². The fourth-order valence-electron chi connectivity index (χ4n) is 3.91. The molecule has 2 N–H and O–H groups in total. The van der Waals surface area contributed by atoms with E-state index in [2.05, 4.69) is 34.4 Å². The van der Waals surface area contributed by atoms with Crippen LogP contribution < -0.4 is 15.4 Å². The van der Waals surface area contributed by atoms with Crippen LogP contribution in [-0.4, -0.2) is 23.0 Å². The number of amides is 1. The van der Waals surface area contributed by atoms with Crippen molar-refractivity contribution in [2.45, 2.75) is 33.7 Å². The predicted molar refractivity (Wildman–Crippen MR) is 138 cm³/mol. The van der Waals surface area contributed by atoms with E-state index in [0.717, 1.165) is 43.7 Å². The van der Waals surface area contributed by atoms with E-state index < -0.39 is 0 Å². The lowest BCUT2D eigenvalue weighted by Crippen LogP contribution is -2.19. The molecule has 0 unspecified atom stereocenters. The van der Waals surface area contributed by atoms with Crippen LogP contribution >= 0.6 is 11.3 Å². The average molecular weight is 473 g/mol. The minimum atomic E-state index is -0.299. The highest BCUT2D eigenvalue weighted by molar-refractivity contribution is 7.16. The molecule has 4 rings (SSSR count). The summed E-state index contributed by atoms with van der Waals surface area (Å²) in [5, 5.41) is 7.47. The highest BCUT2D eigenvalue weighted by Crippen LogP contribution is 2.41. The first-order valence-corrected chi connectivity index (χ1v) is 11.9. The van der Waals surface area contributed by atoms with Crippen molar-refractivity contribution in [1.29, 1.82) is 0 Å². The second-order valence-electron chi connectivity index (χ2n) is 8.17. The predicted octanol–water partition coefficient (Wildman–Crippen LogP) is 6.23.